The van der Waals surface area contributed by atoms with Crippen LogP contribution in [-0.2, 0) is 4.74 Å². The first-order valence-corrected chi connectivity index (χ1v) is 13.8. The maximum Gasteiger partial charge on any atom is 0.0613 e. The van der Waals surface area contributed by atoms with E-state index in [0.29, 0.717) is 22.9 Å². The predicted molar refractivity (Wildman–Crippen MR) is 134 cm³/mol. The highest BCUT2D eigenvalue weighted by atomic mass is 16.5. The molecule has 10 unspecified atom stereocenters. The number of methoxy groups -OCH3 is 1. The number of ether oxygens (including phenoxy) is 1. The number of aliphatic hydroxyl groups excluding tert-OH is 1. The Morgan fingerprint density at radius 3 is 2.31 bits per heavy atom. The molecule has 4 fully saturated rings. The fourth-order valence-electron chi connectivity index (χ4n) is 10.2. The molecule has 0 radical (unpaired) electrons. The van der Waals surface area contributed by atoms with Crippen molar-refractivity contribution in [2.75, 3.05) is 7.11 Å². The van der Waals surface area contributed by atoms with Crippen molar-refractivity contribution in [1.82, 2.24) is 0 Å². The Morgan fingerprint density at radius 2 is 1.66 bits per heavy atom. The number of rotatable bonds is 5. The van der Waals surface area contributed by atoms with Gasteiger partial charge in [-0.2, -0.15) is 0 Å². The highest BCUT2D eigenvalue weighted by Crippen LogP contribution is 2.70. The maximum absolute atomic E-state index is 10.9. The molecule has 10 atom stereocenters. The zero-order valence-electron chi connectivity index (χ0n) is 22.4. The second-order valence-corrected chi connectivity index (χ2v) is 13.8. The standard InChI is InChI=1S/C30H52O2/c1-19(2)10-9-11-20(3)22-12-13-23-21-18-25(32-8)27-28(4,5)26(31)15-17-30(27,7)24(21)14-16-29(22,23)6/h10,20-27,31H,9,11-18H2,1-8H3. The van der Waals surface area contributed by atoms with Crippen molar-refractivity contribution in [2.45, 2.75) is 118 Å². The Morgan fingerprint density at radius 1 is 1.00 bits per heavy atom. The first-order chi connectivity index (χ1) is 15.0. The molecule has 0 heterocycles. The summed E-state index contributed by atoms with van der Waals surface area (Å²) in [5.74, 6) is 4.66. The molecule has 4 rings (SSSR count). The molecule has 32 heavy (non-hydrogen) atoms. The summed E-state index contributed by atoms with van der Waals surface area (Å²) in [5, 5.41) is 10.9. The van der Waals surface area contributed by atoms with Crippen LogP contribution < -0.4 is 0 Å². The quantitative estimate of drug-likeness (QED) is 0.441. The molecule has 4 aliphatic carbocycles. The van der Waals surface area contributed by atoms with Crippen molar-refractivity contribution in [3.8, 4) is 0 Å². The summed E-state index contributed by atoms with van der Waals surface area (Å²) < 4.78 is 6.27. The minimum atomic E-state index is -0.193. The van der Waals surface area contributed by atoms with E-state index in [1.165, 1.54) is 56.9 Å². The van der Waals surface area contributed by atoms with Gasteiger partial charge in [0.2, 0.25) is 0 Å². The van der Waals surface area contributed by atoms with Gasteiger partial charge in [0.05, 0.1) is 12.2 Å². The molecule has 2 nitrogen and oxygen atoms in total. The molecule has 184 valence electrons. The molecule has 4 aliphatic rings. The summed E-state index contributed by atoms with van der Waals surface area (Å²) in [4.78, 5) is 0. The van der Waals surface area contributed by atoms with Crippen molar-refractivity contribution in [3.63, 3.8) is 0 Å². The Hall–Kier alpha value is -0.340. The fourth-order valence-corrected chi connectivity index (χ4v) is 10.2. The Labute approximate surface area is 199 Å². The van der Waals surface area contributed by atoms with Crippen LogP contribution in [0.1, 0.15) is 106 Å². The SMILES string of the molecule is COC1CC2C3CCC(C(C)CCC=C(C)C)C3(C)CCC2C2(C)CCC(O)C(C)(C)C12. The van der Waals surface area contributed by atoms with Crippen molar-refractivity contribution in [1.29, 1.82) is 0 Å². The highest BCUT2D eigenvalue weighted by Gasteiger charge is 2.65. The number of aliphatic hydroxyl groups is 1. The highest BCUT2D eigenvalue weighted by molar-refractivity contribution is 5.14. The van der Waals surface area contributed by atoms with Gasteiger partial charge in [-0.15, -0.1) is 0 Å². The van der Waals surface area contributed by atoms with Crippen molar-refractivity contribution in [3.05, 3.63) is 11.6 Å². The van der Waals surface area contributed by atoms with Gasteiger partial charge in [0.1, 0.15) is 0 Å². The molecule has 2 heteroatoms. The summed E-state index contributed by atoms with van der Waals surface area (Å²) in [6.45, 7) is 16.9. The average Bonchev–Trinajstić information content (AvgIpc) is 3.07. The molecule has 0 amide bonds. The number of fused-ring (bicyclic) bond motifs is 5. The van der Waals surface area contributed by atoms with Gasteiger partial charge in [-0.25, -0.2) is 0 Å². The molecule has 0 aromatic heterocycles. The predicted octanol–water partition coefficient (Wildman–Crippen LogP) is 7.65. The third kappa shape index (κ3) is 3.74. The molecule has 0 aromatic carbocycles. The minimum Gasteiger partial charge on any atom is -0.393 e. The Kier molecular flexibility index (Phi) is 6.74. The van der Waals surface area contributed by atoms with Crippen LogP contribution in [0.3, 0.4) is 0 Å². The molecular weight excluding hydrogens is 392 g/mol. The van der Waals surface area contributed by atoms with Crippen LogP contribution in [0.15, 0.2) is 11.6 Å². The van der Waals surface area contributed by atoms with Crippen LogP contribution in [0, 0.1) is 51.8 Å². The summed E-state index contributed by atoms with van der Waals surface area (Å²) in [5.41, 5.74) is 2.22. The van der Waals surface area contributed by atoms with E-state index in [1.54, 1.807) is 0 Å². The Bertz CT molecular complexity index is 706. The summed E-state index contributed by atoms with van der Waals surface area (Å²) in [7, 11) is 1.94. The summed E-state index contributed by atoms with van der Waals surface area (Å²) in [6, 6.07) is 0. The van der Waals surface area contributed by atoms with Crippen LogP contribution in [0.25, 0.3) is 0 Å². The molecule has 0 aromatic rings. The lowest BCUT2D eigenvalue weighted by Crippen LogP contribution is -2.64. The van der Waals surface area contributed by atoms with Gasteiger partial charge >= 0.3 is 0 Å². The minimum absolute atomic E-state index is 0.0585. The van der Waals surface area contributed by atoms with Crippen LogP contribution in [0.5, 0.6) is 0 Å². The maximum atomic E-state index is 10.9. The van der Waals surface area contributed by atoms with E-state index in [2.05, 4.69) is 54.5 Å². The van der Waals surface area contributed by atoms with Crippen molar-refractivity contribution >= 4 is 0 Å². The fraction of sp³-hybridized carbons (Fsp3) is 0.933. The van der Waals surface area contributed by atoms with Gasteiger partial charge in [0.15, 0.2) is 0 Å². The third-order valence-corrected chi connectivity index (χ3v) is 11.7. The smallest absolute Gasteiger partial charge is 0.0613 e. The first-order valence-electron chi connectivity index (χ1n) is 13.8. The number of hydrogen-bond donors (Lipinski definition) is 1. The van der Waals surface area contributed by atoms with Gasteiger partial charge in [0.25, 0.3) is 0 Å². The van der Waals surface area contributed by atoms with Crippen molar-refractivity contribution < 1.29 is 9.84 Å². The number of hydrogen-bond acceptors (Lipinski definition) is 2. The summed E-state index contributed by atoms with van der Waals surface area (Å²) >= 11 is 0. The van der Waals surface area contributed by atoms with Gasteiger partial charge < -0.3 is 9.84 Å². The molecule has 4 saturated carbocycles. The van der Waals surface area contributed by atoms with E-state index in [9.17, 15) is 5.11 Å². The van der Waals surface area contributed by atoms with E-state index in [4.69, 9.17) is 4.74 Å². The van der Waals surface area contributed by atoms with E-state index in [1.807, 2.05) is 7.11 Å². The molecule has 0 saturated heterocycles. The first kappa shape index (κ1) is 24.8. The lowest BCUT2D eigenvalue weighted by Gasteiger charge is -2.66. The largest absolute Gasteiger partial charge is 0.393 e. The summed E-state index contributed by atoms with van der Waals surface area (Å²) in [6.07, 6.45) is 14.2. The molecule has 0 spiro atoms. The van der Waals surface area contributed by atoms with Gasteiger partial charge in [-0.1, -0.05) is 46.3 Å². The molecule has 0 aliphatic heterocycles. The van der Waals surface area contributed by atoms with Gasteiger partial charge in [-0.3, -0.25) is 0 Å². The Balaban J connectivity index is 1.58. The van der Waals surface area contributed by atoms with E-state index in [0.717, 1.165) is 36.0 Å². The normalized spacial score (nSPS) is 48.3. The second-order valence-electron chi connectivity index (χ2n) is 13.8. The molecule has 0 bridgehead atoms. The third-order valence-electron chi connectivity index (χ3n) is 11.7. The van der Waals surface area contributed by atoms with Crippen molar-refractivity contribution in [2.24, 2.45) is 51.8 Å². The lowest BCUT2D eigenvalue weighted by molar-refractivity contribution is -0.224. The topological polar surface area (TPSA) is 29.5 Å². The van der Waals surface area contributed by atoms with E-state index < -0.39 is 0 Å². The molecular formula is C30H52O2. The van der Waals surface area contributed by atoms with E-state index in [-0.39, 0.29) is 11.5 Å². The van der Waals surface area contributed by atoms with Crippen LogP contribution in [-0.4, -0.2) is 24.4 Å². The average molecular weight is 445 g/mol. The van der Waals surface area contributed by atoms with Gasteiger partial charge in [-0.05, 0) is 123 Å². The molecule has 1 N–H and O–H groups in total. The zero-order chi connectivity index (χ0) is 23.5. The monoisotopic (exact) mass is 444 g/mol. The second kappa shape index (κ2) is 8.71. The van der Waals surface area contributed by atoms with Crippen LogP contribution in [0.4, 0.5) is 0 Å². The van der Waals surface area contributed by atoms with Crippen LogP contribution in [0.2, 0.25) is 0 Å². The number of allylic oxidation sites excluding steroid dienone is 2. The lowest BCUT2D eigenvalue weighted by atomic mass is 9.40. The van der Waals surface area contributed by atoms with Gasteiger partial charge in [0, 0.05) is 7.11 Å². The zero-order valence-corrected chi connectivity index (χ0v) is 22.4. The van der Waals surface area contributed by atoms with Crippen LogP contribution >= 0.6 is 0 Å². The van der Waals surface area contributed by atoms with E-state index >= 15 is 0 Å².